The molecule has 0 bridgehead atoms. The quantitative estimate of drug-likeness (QED) is 0.143. The van der Waals surface area contributed by atoms with Crippen molar-refractivity contribution in [2.45, 2.75) is 152 Å². The summed E-state index contributed by atoms with van der Waals surface area (Å²) >= 11 is 0. The highest BCUT2D eigenvalue weighted by molar-refractivity contribution is 5.77. The van der Waals surface area contributed by atoms with Crippen LogP contribution in [0, 0.1) is 0 Å². The van der Waals surface area contributed by atoms with E-state index >= 15 is 0 Å². The van der Waals surface area contributed by atoms with Gasteiger partial charge in [0.25, 0.3) is 22.2 Å². The van der Waals surface area contributed by atoms with Crippen molar-refractivity contribution < 1.29 is 17.7 Å². The van der Waals surface area contributed by atoms with E-state index in [1.54, 1.807) is 96.6 Å². The molecule has 0 unspecified atom stereocenters. The molecule has 12 aromatic heterocycles. The van der Waals surface area contributed by atoms with Gasteiger partial charge in [-0.2, -0.15) is 19.9 Å². The van der Waals surface area contributed by atoms with Crippen LogP contribution < -0.4 is 45.0 Å². The lowest BCUT2D eigenvalue weighted by molar-refractivity contribution is 0.425. The van der Waals surface area contributed by atoms with Gasteiger partial charge in [-0.1, -0.05) is 138 Å². The first-order valence-corrected chi connectivity index (χ1v) is 30.2. The van der Waals surface area contributed by atoms with Gasteiger partial charge in [0.2, 0.25) is 0 Å². The second-order valence-corrected chi connectivity index (χ2v) is 27.3. The van der Waals surface area contributed by atoms with Crippen LogP contribution in [-0.4, -0.2) is 74.1 Å². The van der Waals surface area contributed by atoms with E-state index in [4.69, 9.17) is 17.7 Å². The molecule has 0 amide bonds. The van der Waals surface area contributed by atoms with Crippen LogP contribution in [0.1, 0.15) is 132 Å². The number of aromatic nitrogens is 16. The molecular weight excluding hydrogens is 1200 g/mol. The summed E-state index contributed by atoms with van der Waals surface area (Å²) in [7, 11) is 6.42. The molecule has 0 aliphatic rings. The van der Waals surface area contributed by atoms with E-state index in [1.807, 2.05) is 120 Å². The lowest BCUT2D eigenvalue weighted by Gasteiger charge is -2.13. The Hall–Kier alpha value is -10.5. The fourth-order valence-corrected chi connectivity index (χ4v) is 10.4. The third-order valence-corrected chi connectivity index (χ3v) is 15.8. The van der Waals surface area contributed by atoms with E-state index in [1.165, 1.54) is 36.5 Å². The molecule has 12 heterocycles. The van der Waals surface area contributed by atoms with Crippen molar-refractivity contribution in [3.63, 3.8) is 0 Å². The summed E-state index contributed by atoms with van der Waals surface area (Å²) < 4.78 is 39.9. The van der Waals surface area contributed by atoms with Crippen molar-refractivity contribution >= 4 is 68.0 Å². The maximum Gasteiger partial charge on any atom is 0.332 e. The SMILES string of the molecule is C/C=C/Cn1c(=O)c2c(nc3oc(C(C)(C)C)cn32)n(C)c1=O.C=C(C)Cn1c(=O)c2c(nc3oc(C(C)(C)C)cn32)n(C)c1=O.CCn1c(=O)c2c(nc3oc(C(C)(C)C)cn32)n(C)c1=O.Cn1c(=O)n(Cc2ccccc2)c(=O)c2c1nc1oc(C(C)(C)C)cn12. The normalized spacial score (nSPS) is 12.5. The predicted molar refractivity (Wildman–Crippen MR) is 354 cm³/mol. The fraction of sp³-hybridized carbons (Fsp3) is 0.415. The molecule has 0 aliphatic carbocycles. The first-order chi connectivity index (χ1) is 43.4. The fourth-order valence-electron chi connectivity index (χ4n) is 10.4. The van der Waals surface area contributed by atoms with Crippen LogP contribution in [-0.2, 0) is 76.0 Å². The Morgan fingerprint density at radius 1 is 0.452 bits per heavy atom. The van der Waals surface area contributed by atoms with Crippen molar-refractivity contribution in [3.05, 3.63) is 191 Å². The molecule has 13 aromatic rings. The number of allylic oxidation sites excluding steroid dienone is 3. The molecule has 0 saturated heterocycles. The number of rotatable bonds is 7. The number of hydrogen-bond acceptors (Lipinski definition) is 16. The van der Waals surface area contributed by atoms with E-state index in [-0.39, 0.29) is 69.2 Å². The van der Waals surface area contributed by atoms with Crippen LogP contribution >= 0.6 is 0 Å². The Bertz CT molecular complexity index is 5690. The average Bonchev–Trinajstić information content (AvgIpc) is 1.62. The molecule has 0 saturated carbocycles. The lowest BCUT2D eigenvalue weighted by atomic mass is 9.94. The van der Waals surface area contributed by atoms with Gasteiger partial charge in [-0.25, -0.2) is 19.2 Å². The molecule has 13 rings (SSSR count). The molecule has 0 fully saturated rings. The van der Waals surface area contributed by atoms with Crippen LogP contribution in [0.25, 0.3) is 68.0 Å². The number of aryl methyl sites for hydroxylation is 4. The Morgan fingerprint density at radius 3 is 1.05 bits per heavy atom. The minimum atomic E-state index is -0.415. The minimum absolute atomic E-state index is 0.179. The first kappa shape index (κ1) is 65.4. The molecule has 0 aliphatic heterocycles. The number of oxazole rings is 4. The van der Waals surface area contributed by atoms with E-state index < -0.39 is 17.1 Å². The lowest BCUT2D eigenvalue weighted by Crippen LogP contribution is -2.39. The standard InChI is InChI=1S/C19H20N4O3.2C16H20N4O3.C14H18N4O3/c1-19(2,3)13-11-22-14-15(20-17(22)26-13)21(4)18(25)23(16(14)24)10-12-8-6-5-7-9-12;1-9(2)7-20-13(21)11-12(18(6)15(20)22)17-14-19(11)8-10(23-14)16(3,4)5;1-6-7-8-19-13(21)11-12(18(5)15(19)22)17-14-20(11)9-10(23-14)16(2,3)4;1-6-17-11(19)9-10(16(5)13(17)20)15-12-18(9)7-8(21-12)14(2,3)4/h5-9,11H,10H2,1-4H3;8H,1,7H2,2-6H3;6-7,9H,8H2,1-5H3;7H,6H2,1-5H3/b;;7-6+;. The second kappa shape index (κ2) is 23.3. The summed E-state index contributed by atoms with van der Waals surface area (Å²) in [5, 5.41) is 0. The average molecular weight is 1280 g/mol. The molecule has 0 radical (unpaired) electrons. The number of nitrogens with zero attached hydrogens (tertiary/aromatic N) is 16. The van der Waals surface area contributed by atoms with Gasteiger partial charge in [-0.3, -0.25) is 73.3 Å². The smallest absolute Gasteiger partial charge is 0.332 e. The molecule has 490 valence electrons. The number of hydrogen-bond donors (Lipinski definition) is 0. The zero-order valence-corrected chi connectivity index (χ0v) is 55.9. The summed E-state index contributed by atoms with van der Waals surface area (Å²) in [6.45, 7) is 34.4. The topological polar surface area (TPSA) is 298 Å². The number of benzene rings is 1. The maximum absolute atomic E-state index is 13.1. The first-order valence-electron chi connectivity index (χ1n) is 30.2. The minimum Gasteiger partial charge on any atom is -0.428 e. The third kappa shape index (κ3) is 11.5. The highest BCUT2D eigenvalue weighted by atomic mass is 16.4. The van der Waals surface area contributed by atoms with Crippen molar-refractivity contribution in [2.75, 3.05) is 0 Å². The summed E-state index contributed by atoms with van der Waals surface area (Å²) in [4.78, 5) is 118. The van der Waals surface area contributed by atoms with Crippen LogP contribution in [0.2, 0.25) is 0 Å². The van der Waals surface area contributed by atoms with E-state index in [2.05, 4.69) is 26.5 Å². The van der Waals surface area contributed by atoms with Crippen molar-refractivity contribution in [3.8, 4) is 0 Å². The zero-order valence-electron chi connectivity index (χ0n) is 55.9. The molecule has 1 aromatic carbocycles. The summed E-state index contributed by atoms with van der Waals surface area (Å²) in [6, 6.07) is 9.43. The van der Waals surface area contributed by atoms with Crippen molar-refractivity contribution in [1.82, 2.24) is 74.1 Å². The summed E-state index contributed by atoms with van der Waals surface area (Å²) in [5.41, 5.74) is 0.483. The van der Waals surface area contributed by atoms with Crippen LogP contribution in [0.3, 0.4) is 0 Å². The molecule has 28 heteroatoms. The Kier molecular flexibility index (Phi) is 16.4. The molecule has 28 nitrogen and oxygen atoms in total. The van der Waals surface area contributed by atoms with Gasteiger partial charge in [0.1, 0.15) is 23.0 Å². The predicted octanol–water partition coefficient (Wildman–Crippen LogP) is 7.17. The van der Waals surface area contributed by atoms with Crippen molar-refractivity contribution in [1.29, 1.82) is 0 Å². The zero-order chi connectivity index (χ0) is 68.2. The number of fused-ring (bicyclic) bond motifs is 12. The molecule has 0 spiro atoms. The van der Waals surface area contributed by atoms with Gasteiger partial charge in [0.05, 0.1) is 37.9 Å². The molecule has 0 atom stereocenters. The highest BCUT2D eigenvalue weighted by Gasteiger charge is 2.29. The van der Waals surface area contributed by atoms with Crippen LogP contribution in [0.15, 0.2) is 135 Å². The Labute approximate surface area is 529 Å². The second-order valence-electron chi connectivity index (χ2n) is 27.3. The van der Waals surface area contributed by atoms with E-state index in [0.29, 0.717) is 74.6 Å². The largest absolute Gasteiger partial charge is 0.428 e. The van der Waals surface area contributed by atoms with Gasteiger partial charge in [0.15, 0.2) is 44.7 Å². The van der Waals surface area contributed by atoms with Gasteiger partial charge in [-0.05, 0) is 26.3 Å². The Morgan fingerprint density at radius 2 is 0.742 bits per heavy atom. The van der Waals surface area contributed by atoms with Gasteiger partial charge >= 0.3 is 46.1 Å². The molecular formula is C65H78N16O12. The van der Waals surface area contributed by atoms with Gasteiger partial charge in [-0.15, -0.1) is 0 Å². The van der Waals surface area contributed by atoms with Gasteiger partial charge < -0.3 is 17.7 Å². The number of imidazole rings is 4. The van der Waals surface area contributed by atoms with Gasteiger partial charge in [0, 0.05) is 62.9 Å². The van der Waals surface area contributed by atoms with E-state index in [0.717, 1.165) is 34.2 Å². The monoisotopic (exact) mass is 1270 g/mol. The molecule has 93 heavy (non-hydrogen) atoms. The third-order valence-electron chi connectivity index (χ3n) is 15.8. The van der Waals surface area contributed by atoms with Crippen LogP contribution in [0.5, 0.6) is 0 Å². The molecule has 0 N–H and O–H groups in total. The highest BCUT2D eigenvalue weighted by Crippen LogP contribution is 2.30. The maximum atomic E-state index is 13.1. The van der Waals surface area contributed by atoms with Crippen molar-refractivity contribution in [2.24, 2.45) is 28.2 Å². The van der Waals surface area contributed by atoms with E-state index in [9.17, 15) is 38.4 Å². The summed E-state index contributed by atoms with van der Waals surface area (Å²) in [5.74, 6) is 4.20. The van der Waals surface area contributed by atoms with Crippen LogP contribution in [0.4, 0.5) is 0 Å². The summed E-state index contributed by atoms with van der Waals surface area (Å²) in [6.07, 6.45) is 10.7. The Balaban J connectivity index is 0.000000136.